The quantitative estimate of drug-likeness (QED) is 0.920. The summed E-state index contributed by atoms with van der Waals surface area (Å²) in [4.78, 5) is 13.6. The van der Waals surface area contributed by atoms with E-state index < -0.39 is 5.97 Å². The van der Waals surface area contributed by atoms with E-state index in [2.05, 4.69) is 42.2 Å². The highest BCUT2D eigenvalue weighted by atomic mass is 16.4. The van der Waals surface area contributed by atoms with Crippen molar-refractivity contribution in [1.29, 1.82) is 0 Å². The van der Waals surface area contributed by atoms with Gasteiger partial charge in [-0.3, -0.25) is 9.69 Å². The van der Waals surface area contributed by atoms with Crippen molar-refractivity contribution in [3.8, 4) is 0 Å². The van der Waals surface area contributed by atoms with Crippen molar-refractivity contribution in [3.05, 3.63) is 35.9 Å². The SMILES string of the molecule is CC1(c2ccccc2)CCC(N2CCC[C@H]2C(=O)O)C1. The molecule has 3 nitrogen and oxygen atoms in total. The number of carbonyl (C=O) groups is 1. The Bertz CT molecular complexity index is 487. The van der Waals surface area contributed by atoms with Crippen LogP contribution in [0.4, 0.5) is 0 Å². The van der Waals surface area contributed by atoms with Crippen molar-refractivity contribution in [2.45, 2.75) is 56.5 Å². The Kier molecular flexibility index (Phi) is 3.55. The zero-order valence-electron chi connectivity index (χ0n) is 12.1. The van der Waals surface area contributed by atoms with Crippen molar-refractivity contribution < 1.29 is 9.90 Å². The van der Waals surface area contributed by atoms with Crippen molar-refractivity contribution in [2.75, 3.05) is 6.54 Å². The third kappa shape index (κ3) is 2.35. The van der Waals surface area contributed by atoms with Gasteiger partial charge >= 0.3 is 5.97 Å². The van der Waals surface area contributed by atoms with Crippen LogP contribution in [0.25, 0.3) is 0 Å². The molecule has 1 aliphatic carbocycles. The lowest BCUT2D eigenvalue weighted by atomic mass is 9.81. The Morgan fingerprint density at radius 1 is 1.30 bits per heavy atom. The van der Waals surface area contributed by atoms with E-state index in [0.717, 1.165) is 38.6 Å². The van der Waals surface area contributed by atoms with E-state index >= 15 is 0 Å². The Morgan fingerprint density at radius 2 is 2.05 bits per heavy atom. The number of carboxylic acids is 1. The summed E-state index contributed by atoms with van der Waals surface area (Å²) in [5.41, 5.74) is 1.60. The van der Waals surface area contributed by atoms with Crippen LogP contribution in [-0.2, 0) is 10.2 Å². The van der Waals surface area contributed by atoms with Crippen molar-refractivity contribution in [3.63, 3.8) is 0 Å². The first kappa shape index (κ1) is 13.6. The van der Waals surface area contributed by atoms with Crippen LogP contribution in [0.2, 0.25) is 0 Å². The molecule has 1 saturated carbocycles. The summed E-state index contributed by atoms with van der Waals surface area (Å²) >= 11 is 0. The molecule has 0 radical (unpaired) electrons. The van der Waals surface area contributed by atoms with Crippen molar-refractivity contribution >= 4 is 5.97 Å². The number of benzene rings is 1. The molecule has 1 aromatic rings. The highest BCUT2D eigenvalue weighted by Gasteiger charge is 2.43. The van der Waals surface area contributed by atoms with E-state index in [0.29, 0.717) is 6.04 Å². The van der Waals surface area contributed by atoms with Gasteiger partial charge in [0.1, 0.15) is 6.04 Å². The highest BCUT2D eigenvalue weighted by molar-refractivity contribution is 5.73. The molecule has 2 aliphatic rings. The summed E-state index contributed by atoms with van der Waals surface area (Å²) in [5.74, 6) is -0.643. The number of likely N-dealkylation sites (tertiary alicyclic amines) is 1. The van der Waals surface area contributed by atoms with E-state index in [-0.39, 0.29) is 11.5 Å². The summed E-state index contributed by atoms with van der Waals surface area (Å²) in [6.07, 6.45) is 5.20. The molecule has 1 saturated heterocycles. The number of carboxylic acid groups (broad SMARTS) is 1. The second-order valence-corrected chi connectivity index (χ2v) is 6.56. The zero-order chi connectivity index (χ0) is 14.2. The third-order valence-corrected chi connectivity index (χ3v) is 5.23. The average Bonchev–Trinajstić information content (AvgIpc) is 3.07. The van der Waals surface area contributed by atoms with Gasteiger partial charge in [0.25, 0.3) is 0 Å². The molecule has 1 aromatic carbocycles. The highest BCUT2D eigenvalue weighted by Crippen LogP contribution is 2.44. The number of hydrogen-bond acceptors (Lipinski definition) is 2. The maximum absolute atomic E-state index is 11.4. The lowest BCUT2D eigenvalue weighted by molar-refractivity contribution is -0.142. The molecule has 20 heavy (non-hydrogen) atoms. The summed E-state index contributed by atoms with van der Waals surface area (Å²) in [5, 5.41) is 9.35. The van der Waals surface area contributed by atoms with Gasteiger partial charge in [0.2, 0.25) is 0 Å². The first-order chi connectivity index (χ1) is 9.60. The van der Waals surface area contributed by atoms with Crippen LogP contribution in [0, 0.1) is 0 Å². The van der Waals surface area contributed by atoms with Crippen LogP contribution in [0.3, 0.4) is 0 Å². The molecule has 0 spiro atoms. The predicted octanol–water partition coefficient (Wildman–Crippen LogP) is 3.05. The van der Waals surface area contributed by atoms with Gasteiger partial charge in [-0.05, 0) is 49.6 Å². The molecule has 0 aromatic heterocycles. The number of nitrogens with zero attached hydrogens (tertiary/aromatic N) is 1. The van der Waals surface area contributed by atoms with Gasteiger partial charge < -0.3 is 5.11 Å². The molecule has 1 N–H and O–H groups in total. The molecule has 1 aliphatic heterocycles. The first-order valence-corrected chi connectivity index (χ1v) is 7.64. The topological polar surface area (TPSA) is 40.5 Å². The zero-order valence-corrected chi connectivity index (χ0v) is 12.1. The molecule has 0 amide bonds. The van der Waals surface area contributed by atoms with Crippen LogP contribution in [0.15, 0.2) is 30.3 Å². The normalized spacial score (nSPS) is 34.5. The minimum atomic E-state index is -0.643. The molecule has 2 unspecified atom stereocenters. The second kappa shape index (κ2) is 5.21. The maximum Gasteiger partial charge on any atom is 0.320 e. The average molecular weight is 273 g/mol. The smallest absolute Gasteiger partial charge is 0.320 e. The molecule has 108 valence electrons. The summed E-state index contributed by atoms with van der Waals surface area (Å²) in [6, 6.07) is 10.9. The van der Waals surface area contributed by atoms with Crippen molar-refractivity contribution in [1.82, 2.24) is 4.90 Å². The van der Waals surface area contributed by atoms with E-state index in [4.69, 9.17) is 0 Å². The monoisotopic (exact) mass is 273 g/mol. The van der Waals surface area contributed by atoms with Crippen LogP contribution in [0.1, 0.15) is 44.6 Å². The van der Waals surface area contributed by atoms with E-state index in [1.807, 2.05) is 0 Å². The van der Waals surface area contributed by atoms with Gasteiger partial charge in [0, 0.05) is 6.04 Å². The summed E-state index contributed by atoms with van der Waals surface area (Å²) in [6.45, 7) is 3.28. The van der Waals surface area contributed by atoms with Crippen LogP contribution in [0.5, 0.6) is 0 Å². The second-order valence-electron chi connectivity index (χ2n) is 6.56. The lowest BCUT2D eigenvalue weighted by Crippen LogP contribution is -2.42. The molecular weight excluding hydrogens is 250 g/mol. The minimum Gasteiger partial charge on any atom is -0.480 e. The fourth-order valence-corrected chi connectivity index (χ4v) is 4.09. The molecule has 0 bridgehead atoms. The fraction of sp³-hybridized carbons (Fsp3) is 0.588. The van der Waals surface area contributed by atoms with Gasteiger partial charge in [0.15, 0.2) is 0 Å². The van der Waals surface area contributed by atoms with Gasteiger partial charge in [-0.2, -0.15) is 0 Å². The van der Waals surface area contributed by atoms with E-state index in [9.17, 15) is 9.90 Å². The molecule has 3 rings (SSSR count). The van der Waals surface area contributed by atoms with Gasteiger partial charge in [-0.1, -0.05) is 37.3 Å². The molecular formula is C17H23NO2. The Morgan fingerprint density at radius 3 is 2.75 bits per heavy atom. The Hall–Kier alpha value is -1.35. The van der Waals surface area contributed by atoms with Crippen molar-refractivity contribution in [2.24, 2.45) is 0 Å². The minimum absolute atomic E-state index is 0.206. The summed E-state index contributed by atoms with van der Waals surface area (Å²) in [7, 11) is 0. The maximum atomic E-state index is 11.4. The third-order valence-electron chi connectivity index (χ3n) is 5.23. The number of aliphatic carboxylic acids is 1. The van der Waals surface area contributed by atoms with Crippen LogP contribution >= 0.6 is 0 Å². The largest absolute Gasteiger partial charge is 0.480 e. The first-order valence-electron chi connectivity index (χ1n) is 7.64. The lowest BCUT2D eigenvalue weighted by Gasteiger charge is -2.30. The van der Waals surface area contributed by atoms with E-state index in [1.165, 1.54) is 5.56 Å². The molecule has 2 fully saturated rings. The molecule has 3 atom stereocenters. The van der Waals surface area contributed by atoms with Gasteiger partial charge in [0.05, 0.1) is 0 Å². The number of hydrogen-bond donors (Lipinski definition) is 1. The molecule has 3 heteroatoms. The van der Waals surface area contributed by atoms with Gasteiger partial charge in [-0.15, -0.1) is 0 Å². The Balaban J connectivity index is 1.75. The Labute approximate surface area is 120 Å². The molecule has 1 heterocycles. The van der Waals surface area contributed by atoms with Crippen LogP contribution < -0.4 is 0 Å². The summed E-state index contributed by atoms with van der Waals surface area (Å²) < 4.78 is 0. The van der Waals surface area contributed by atoms with Crippen LogP contribution in [-0.4, -0.2) is 34.6 Å². The predicted molar refractivity (Wildman–Crippen MR) is 78.8 cm³/mol. The van der Waals surface area contributed by atoms with E-state index in [1.54, 1.807) is 0 Å². The fourth-order valence-electron chi connectivity index (χ4n) is 4.09. The standard InChI is InChI=1S/C17H23NO2/c1-17(13-6-3-2-4-7-13)10-9-14(12-17)18-11-5-8-15(18)16(19)20/h2-4,6-7,14-15H,5,8-12H2,1H3,(H,19,20)/t14?,15-,17?/m0/s1. The number of rotatable bonds is 3. The van der Waals surface area contributed by atoms with Gasteiger partial charge in [-0.25, -0.2) is 0 Å².